The normalized spacial score (nSPS) is 33.4. The van der Waals surface area contributed by atoms with E-state index in [4.69, 9.17) is 4.74 Å². The lowest BCUT2D eigenvalue weighted by Crippen LogP contribution is -2.34. The van der Waals surface area contributed by atoms with E-state index >= 15 is 0 Å². The monoisotopic (exact) mass is 212 g/mol. The first-order valence-corrected chi connectivity index (χ1v) is 6.23. The average molecular weight is 212 g/mol. The zero-order valence-corrected chi connectivity index (χ0v) is 11.6. The Morgan fingerprint density at radius 2 is 1.60 bits per heavy atom. The van der Waals surface area contributed by atoms with E-state index in [0.29, 0.717) is 28.8 Å². The molecule has 0 bridgehead atoms. The van der Waals surface area contributed by atoms with Crippen LogP contribution in [0.25, 0.3) is 0 Å². The second kappa shape index (κ2) is 4.08. The molecule has 15 heavy (non-hydrogen) atoms. The van der Waals surface area contributed by atoms with Gasteiger partial charge in [-0.25, -0.2) is 0 Å². The van der Waals surface area contributed by atoms with Crippen molar-refractivity contribution in [2.75, 3.05) is 6.61 Å². The third-order valence-corrected chi connectivity index (χ3v) is 3.40. The van der Waals surface area contributed by atoms with E-state index in [1.54, 1.807) is 0 Å². The highest BCUT2D eigenvalue weighted by molar-refractivity contribution is 4.91. The van der Waals surface area contributed by atoms with Crippen molar-refractivity contribution in [3.8, 4) is 0 Å². The zero-order chi connectivity index (χ0) is 11.9. The fraction of sp³-hybridized carbons (Fsp3) is 1.00. The minimum Gasteiger partial charge on any atom is -0.378 e. The number of hydrogen-bond acceptors (Lipinski definition) is 1. The first kappa shape index (κ1) is 13.0. The molecule has 0 N–H and O–H groups in total. The van der Waals surface area contributed by atoms with E-state index < -0.39 is 0 Å². The maximum Gasteiger partial charge on any atom is 0.0616 e. The number of hydrogen-bond donors (Lipinski definition) is 0. The maximum absolute atomic E-state index is 5.98. The summed E-state index contributed by atoms with van der Waals surface area (Å²) in [5.74, 6) is 1.41. The molecular weight excluding hydrogens is 184 g/mol. The molecular formula is C14H28O. The van der Waals surface area contributed by atoms with E-state index in [2.05, 4.69) is 48.5 Å². The van der Waals surface area contributed by atoms with Gasteiger partial charge in [-0.15, -0.1) is 0 Å². The SMILES string of the molecule is C[C@H]1CO[C@H](CC(C)(C)C)C1C(C)(C)C. The summed E-state index contributed by atoms with van der Waals surface area (Å²) < 4.78 is 5.98. The van der Waals surface area contributed by atoms with Crippen LogP contribution in [0.3, 0.4) is 0 Å². The fourth-order valence-electron chi connectivity index (χ4n) is 3.05. The highest BCUT2D eigenvalue weighted by Gasteiger charge is 2.42. The molecule has 0 radical (unpaired) electrons. The lowest BCUT2D eigenvalue weighted by atomic mass is 9.69. The highest BCUT2D eigenvalue weighted by Crippen LogP contribution is 2.44. The molecule has 90 valence electrons. The van der Waals surface area contributed by atoms with E-state index in [1.807, 2.05) is 0 Å². The Balaban J connectivity index is 2.73. The molecule has 1 aliphatic heterocycles. The van der Waals surface area contributed by atoms with Gasteiger partial charge in [0.15, 0.2) is 0 Å². The molecule has 1 unspecified atom stereocenters. The van der Waals surface area contributed by atoms with Gasteiger partial charge in [-0.2, -0.15) is 0 Å². The second-order valence-electron chi connectivity index (χ2n) is 7.51. The molecule has 0 aromatic rings. The van der Waals surface area contributed by atoms with Gasteiger partial charge in [-0.05, 0) is 29.1 Å². The van der Waals surface area contributed by atoms with Crippen molar-refractivity contribution in [1.29, 1.82) is 0 Å². The molecule has 0 amide bonds. The van der Waals surface area contributed by atoms with E-state index in [9.17, 15) is 0 Å². The van der Waals surface area contributed by atoms with Crippen molar-refractivity contribution in [1.82, 2.24) is 0 Å². The number of rotatable bonds is 1. The van der Waals surface area contributed by atoms with Crippen LogP contribution in [0, 0.1) is 22.7 Å². The largest absolute Gasteiger partial charge is 0.378 e. The van der Waals surface area contributed by atoms with Crippen LogP contribution < -0.4 is 0 Å². The Morgan fingerprint density at radius 1 is 1.07 bits per heavy atom. The smallest absolute Gasteiger partial charge is 0.0616 e. The molecule has 1 nitrogen and oxygen atoms in total. The van der Waals surface area contributed by atoms with Crippen LogP contribution in [0.1, 0.15) is 54.9 Å². The van der Waals surface area contributed by atoms with Gasteiger partial charge in [0.2, 0.25) is 0 Å². The van der Waals surface area contributed by atoms with Gasteiger partial charge in [0, 0.05) is 6.61 Å². The van der Waals surface area contributed by atoms with E-state index in [-0.39, 0.29) is 0 Å². The Bertz CT molecular complexity index is 206. The lowest BCUT2D eigenvalue weighted by molar-refractivity contribution is 0.0274. The molecule has 1 heteroatoms. The summed E-state index contributed by atoms with van der Waals surface area (Å²) in [6, 6.07) is 0. The van der Waals surface area contributed by atoms with Crippen molar-refractivity contribution in [2.24, 2.45) is 22.7 Å². The second-order valence-corrected chi connectivity index (χ2v) is 7.51. The molecule has 1 aliphatic rings. The third kappa shape index (κ3) is 3.48. The van der Waals surface area contributed by atoms with E-state index in [0.717, 1.165) is 6.61 Å². The summed E-state index contributed by atoms with van der Waals surface area (Å²) in [6.07, 6.45) is 1.64. The first-order chi connectivity index (χ1) is 6.61. The highest BCUT2D eigenvalue weighted by atomic mass is 16.5. The Morgan fingerprint density at radius 3 is 2.00 bits per heavy atom. The van der Waals surface area contributed by atoms with E-state index in [1.165, 1.54) is 6.42 Å². The maximum atomic E-state index is 5.98. The van der Waals surface area contributed by atoms with Crippen molar-refractivity contribution in [2.45, 2.75) is 61.0 Å². The molecule has 0 aromatic carbocycles. The van der Waals surface area contributed by atoms with Crippen LogP contribution >= 0.6 is 0 Å². The van der Waals surface area contributed by atoms with Gasteiger partial charge in [0.1, 0.15) is 0 Å². The molecule has 3 atom stereocenters. The Labute approximate surface area is 95.6 Å². The lowest BCUT2D eigenvalue weighted by Gasteiger charge is -2.36. The topological polar surface area (TPSA) is 9.23 Å². The van der Waals surface area contributed by atoms with Crippen LogP contribution in [0.4, 0.5) is 0 Å². The summed E-state index contributed by atoms with van der Waals surface area (Å²) in [7, 11) is 0. The molecule has 1 rings (SSSR count). The summed E-state index contributed by atoms with van der Waals surface area (Å²) in [6.45, 7) is 17.2. The molecule has 0 spiro atoms. The summed E-state index contributed by atoms with van der Waals surface area (Å²) in [5, 5.41) is 0. The minimum absolute atomic E-state index is 0.367. The average Bonchev–Trinajstić information content (AvgIpc) is 2.25. The molecule has 1 saturated heterocycles. The predicted molar refractivity (Wildman–Crippen MR) is 65.9 cm³/mol. The molecule has 0 saturated carbocycles. The van der Waals surface area contributed by atoms with Crippen molar-refractivity contribution < 1.29 is 4.74 Å². The quantitative estimate of drug-likeness (QED) is 0.635. The van der Waals surface area contributed by atoms with Gasteiger partial charge in [-0.3, -0.25) is 0 Å². The van der Waals surface area contributed by atoms with Crippen molar-refractivity contribution >= 4 is 0 Å². The van der Waals surface area contributed by atoms with Crippen LogP contribution in [0.2, 0.25) is 0 Å². The molecule has 0 aliphatic carbocycles. The van der Waals surface area contributed by atoms with Gasteiger partial charge in [0.05, 0.1) is 6.10 Å². The Hall–Kier alpha value is -0.0400. The standard InChI is InChI=1S/C14H28O/c1-10-9-15-11(8-13(2,3)4)12(10)14(5,6)7/h10-12H,8-9H2,1-7H3/t10-,11+,12?/m0/s1. The molecule has 1 fully saturated rings. The fourth-order valence-corrected chi connectivity index (χ4v) is 3.05. The van der Waals surface area contributed by atoms with Crippen LogP contribution in [0.5, 0.6) is 0 Å². The molecule has 0 aromatic heterocycles. The first-order valence-electron chi connectivity index (χ1n) is 6.23. The summed E-state index contributed by atoms with van der Waals surface area (Å²) in [4.78, 5) is 0. The number of ether oxygens (including phenoxy) is 1. The van der Waals surface area contributed by atoms with Crippen LogP contribution in [0.15, 0.2) is 0 Å². The Kier molecular flexibility index (Phi) is 3.55. The summed E-state index contributed by atoms with van der Waals surface area (Å²) >= 11 is 0. The van der Waals surface area contributed by atoms with Crippen molar-refractivity contribution in [3.05, 3.63) is 0 Å². The van der Waals surface area contributed by atoms with Crippen molar-refractivity contribution in [3.63, 3.8) is 0 Å². The van der Waals surface area contributed by atoms with Crippen LogP contribution in [-0.2, 0) is 4.74 Å². The van der Waals surface area contributed by atoms with Gasteiger partial charge < -0.3 is 4.74 Å². The zero-order valence-electron chi connectivity index (χ0n) is 11.6. The van der Waals surface area contributed by atoms with Gasteiger partial charge in [0.25, 0.3) is 0 Å². The van der Waals surface area contributed by atoms with Gasteiger partial charge in [-0.1, -0.05) is 48.5 Å². The summed E-state index contributed by atoms with van der Waals surface area (Å²) in [5.41, 5.74) is 0.740. The minimum atomic E-state index is 0.367. The van der Waals surface area contributed by atoms with Gasteiger partial charge >= 0.3 is 0 Å². The predicted octanol–water partition coefficient (Wildman–Crippen LogP) is 4.12. The third-order valence-electron chi connectivity index (χ3n) is 3.40. The van der Waals surface area contributed by atoms with Crippen LogP contribution in [-0.4, -0.2) is 12.7 Å². The molecule has 1 heterocycles.